The number of benzene rings is 1. The van der Waals surface area contributed by atoms with Crippen LogP contribution in [-0.2, 0) is 12.6 Å². The number of rotatable bonds is 2. The summed E-state index contributed by atoms with van der Waals surface area (Å²) in [5.74, 6) is -0.298. The Labute approximate surface area is 111 Å². The van der Waals surface area contributed by atoms with Gasteiger partial charge in [0.25, 0.3) is 5.56 Å². The summed E-state index contributed by atoms with van der Waals surface area (Å²) < 4.78 is 14.5. The molecule has 1 aromatic carbocycles. The fourth-order valence-electron chi connectivity index (χ4n) is 2.04. The maximum Gasteiger partial charge on any atom is 0.255 e. The molecule has 2 N–H and O–H groups in total. The van der Waals surface area contributed by atoms with Crippen molar-refractivity contribution in [3.63, 3.8) is 0 Å². The smallest absolute Gasteiger partial charge is 0.255 e. The minimum Gasteiger partial charge on any atom is -0.322 e. The second kappa shape index (κ2) is 4.63. The van der Waals surface area contributed by atoms with Crippen LogP contribution < -0.4 is 11.3 Å². The van der Waals surface area contributed by atoms with Crippen LogP contribution in [-0.4, -0.2) is 4.57 Å². The van der Waals surface area contributed by atoms with Crippen molar-refractivity contribution in [1.82, 2.24) is 4.57 Å². The van der Waals surface area contributed by atoms with Crippen molar-refractivity contribution in [3.8, 4) is 11.3 Å². The Hall–Kier alpha value is -1.94. The molecule has 1 heterocycles. The summed E-state index contributed by atoms with van der Waals surface area (Å²) in [5.41, 5.74) is 7.24. The van der Waals surface area contributed by atoms with Crippen LogP contribution in [0.1, 0.15) is 19.4 Å². The largest absolute Gasteiger partial charge is 0.322 e. The molecule has 4 heteroatoms. The third-order valence-corrected chi connectivity index (χ3v) is 3.14. The fraction of sp³-hybridized carbons (Fsp3) is 0.267. The Morgan fingerprint density at radius 1 is 1.11 bits per heavy atom. The van der Waals surface area contributed by atoms with Gasteiger partial charge in [-0.15, -0.1) is 0 Å². The van der Waals surface area contributed by atoms with E-state index < -0.39 is 5.54 Å². The van der Waals surface area contributed by atoms with E-state index in [0.29, 0.717) is 5.56 Å². The van der Waals surface area contributed by atoms with Gasteiger partial charge in [-0.2, -0.15) is 0 Å². The number of nitrogens with zero attached hydrogens (tertiary/aromatic N) is 1. The Bertz CT molecular complexity index is 651. The van der Waals surface area contributed by atoms with Crippen LogP contribution in [0.25, 0.3) is 11.3 Å². The van der Waals surface area contributed by atoms with Crippen LogP contribution in [0.3, 0.4) is 0 Å². The molecular weight excluding hydrogens is 243 g/mol. The van der Waals surface area contributed by atoms with Crippen LogP contribution in [0.2, 0.25) is 0 Å². The van der Waals surface area contributed by atoms with E-state index in [1.807, 2.05) is 6.07 Å². The molecule has 2 aromatic rings. The first-order valence-electron chi connectivity index (χ1n) is 6.06. The standard InChI is InChI=1S/C15H17FN2O/c1-15(2,17)12-8-9-13(18(3)14(12)19)10-4-6-11(16)7-5-10/h4-9H,17H2,1-3H3. The van der Waals surface area contributed by atoms with Gasteiger partial charge in [-0.25, -0.2) is 4.39 Å². The number of halogens is 1. The number of nitrogens with two attached hydrogens (primary N) is 1. The van der Waals surface area contributed by atoms with Crippen LogP contribution >= 0.6 is 0 Å². The van der Waals surface area contributed by atoms with Gasteiger partial charge in [0.2, 0.25) is 0 Å². The van der Waals surface area contributed by atoms with Gasteiger partial charge < -0.3 is 10.3 Å². The number of aromatic nitrogens is 1. The lowest BCUT2D eigenvalue weighted by atomic mass is 9.96. The van der Waals surface area contributed by atoms with E-state index >= 15 is 0 Å². The van der Waals surface area contributed by atoms with Crippen molar-refractivity contribution >= 4 is 0 Å². The molecule has 0 aliphatic rings. The highest BCUT2D eigenvalue weighted by molar-refractivity contribution is 5.59. The van der Waals surface area contributed by atoms with E-state index in [0.717, 1.165) is 11.3 Å². The highest BCUT2D eigenvalue weighted by Gasteiger charge is 2.19. The molecule has 0 radical (unpaired) electrons. The van der Waals surface area contributed by atoms with Crippen molar-refractivity contribution < 1.29 is 4.39 Å². The first kappa shape index (κ1) is 13.5. The van der Waals surface area contributed by atoms with E-state index in [2.05, 4.69) is 0 Å². The highest BCUT2D eigenvalue weighted by Crippen LogP contribution is 2.20. The van der Waals surface area contributed by atoms with E-state index in [9.17, 15) is 9.18 Å². The number of hydrogen-bond acceptors (Lipinski definition) is 2. The summed E-state index contributed by atoms with van der Waals surface area (Å²) in [6, 6.07) is 9.62. The van der Waals surface area contributed by atoms with E-state index in [1.165, 1.54) is 16.7 Å². The molecule has 19 heavy (non-hydrogen) atoms. The molecule has 0 fully saturated rings. The van der Waals surface area contributed by atoms with Gasteiger partial charge in [-0.3, -0.25) is 4.79 Å². The number of pyridine rings is 1. The van der Waals surface area contributed by atoms with Gasteiger partial charge >= 0.3 is 0 Å². The monoisotopic (exact) mass is 260 g/mol. The molecule has 0 atom stereocenters. The van der Waals surface area contributed by atoms with Crippen molar-refractivity contribution in [1.29, 1.82) is 0 Å². The SMILES string of the molecule is Cn1c(-c2ccc(F)cc2)ccc(C(C)(C)N)c1=O. The molecule has 3 nitrogen and oxygen atoms in total. The molecule has 0 unspecified atom stereocenters. The third-order valence-electron chi connectivity index (χ3n) is 3.14. The molecule has 100 valence electrons. The van der Waals surface area contributed by atoms with Crippen molar-refractivity contribution in [2.45, 2.75) is 19.4 Å². The topological polar surface area (TPSA) is 48.0 Å². The lowest BCUT2D eigenvalue weighted by molar-refractivity contribution is 0.541. The zero-order chi connectivity index (χ0) is 14.2. The average Bonchev–Trinajstić information content (AvgIpc) is 2.32. The first-order chi connectivity index (χ1) is 8.80. The lowest BCUT2D eigenvalue weighted by Crippen LogP contribution is -2.37. The minimum atomic E-state index is -0.684. The maximum atomic E-state index is 12.9. The maximum absolute atomic E-state index is 12.9. The normalized spacial score (nSPS) is 11.6. The summed E-state index contributed by atoms with van der Waals surface area (Å²) in [6.45, 7) is 3.59. The van der Waals surface area contributed by atoms with Gasteiger partial charge in [0.1, 0.15) is 5.82 Å². The zero-order valence-corrected chi connectivity index (χ0v) is 11.3. The van der Waals surface area contributed by atoms with Gasteiger partial charge in [-0.1, -0.05) is 0 Å². The summed E-state index contributed by atoms with van der Waals surface area (Å²) in [7, 11) is 1.69. The van der Waals surface area contributed by atoms with Crippen LogP contribution in [0.5, 0.6) is 0 Å². The zero-order valence-electron chi connectivity index (χ0n) is 11.3. The van der Waals surface area contributed by atoms with Crippen molar-refractivity contribution in [2.75, 3.05) is 0 Å². The average molecular weight is 260 g/mol. The van der Waals surface area contributed by atoms with Crippen LogP contribution in [0.4, 0.5) is 4.39 Å². The molecule has 2 rings (SSSR count). The Kier molecular flexibility index (Phi) is 3.28. The van der Waals surface area contributed by atoms with E-state index in [1.54, 1.807) is 39.1 Å². The van der Waals surface area contributed by atoms with Gasteiger partial charge in [0.15, 0.2) is 0 Å². The summed E-state index contributed by atoms with van der Waals surface area (Å²) in [4.78, 5) is 12.3. The van der Waals surface area contributed by atoms with Gasteiger partial charge in [0.05, 0.1) is 5.69 Å². The third kappa shape index (κ3) is 2.58. The molecule has 0 aliphatic heterocycles. The predicted molar refractivity (Wildman–Crippen MR) is 74.3 cm³/mol. The second-order valence-corrected chi connectivity index (χ2v) is 5.22. The molecule has 0 spiro atoms. The van der Waals surface area contributed by atoms with Crippen LogP contribution in [0.15, 0.2) is 41.2 Å². The Morgan fingerprint density at radius 3 is 2.21 bits per heavy atom. The summed E-state index contributed by atoms with van der Waals surface area (Å²) in [5, 5.41) is 0. The summed E-state index contributed by atoms with van der Waals surface area (Å²) >= 11 is 0. The van der Waals surface area contributed by atoms with E-state index in [-0.39, 0.29) is 11.4 Å². The fourth-order valence-corrected chi connectivity index (χ4v) is 2.04. The predicted octanol–water partition coefficient (Wildman–Crippen LogP) is 2.39. The molecule has 0 bridgehead atoms. The Balaban J connectivity index is 2.59. The van der Waals surface area contributed by atoms with E-state index in [4.69, 9.17) is 5.73 Å². The second-order valence-electron chi connectivity index (χ2n) is 5.22. The quantitative estimate of drug-likeness (QED) is 0.901. The molecule has 0 aliphatic carbocycles. The van der Waals surface area contributed by atoms with Crippen LogP contribution in [0, 0.1) is 5.82 Å². The summed E-state index contributed by atoms with van der Waals surface area (Å²) in [6.07, 6.45) is 0. The minimum absolute atomic E-state index is 0.130. The first-order valence-corrected chi connectivity index (χ1v) is 6.06. The Morgan fingerprint density at radius 2 is 1.68 bits per heavy atom. The lowest BCUT2D eigenvalue weighted by Gasteiger charge is -2.20. The molecule has 1 aromatic heterocycles. The van der Waals surface area contributed by atoms with Crippen molar-refractivity contribution in [2.24, 2.45) is 12.8 Å². The van der Waals surface area contributed by atoms with Gasteiger partial charge in [-0.05, 0) is 55.8 Å². The number of hydrogen-bond donors (Lipinski definition) is 1. The highest BCUT2D eigenvalue weighted by atomic mass is 19.1. The molecule has 0 saturated heterocycles. The molecular formula is C15H17FN2O. The van der Waals surface area contributed by atoms with Crippen molar-refractivity contribution in [3.05, 3.63) is 58.1 Å². The molecule has 0 saturated carbocycles. The molecule has 0 amide bonds. The van der Waals surface area contributed by atoms with Gasteiger partial charge in [0, 0.05) is 18.2 Å².